The van der Waals surface area contributed by atoms with Crippen molar-refractivity contribution < 1.29 is 27.3 Å². The zero-order chi connectivity index (χ0) is 15.9. The number of aromatic nitrogens is 1. The molecule has 1 N–H and O–H groups in total. The maximum Gasteiger partial charge on any atom is 0.222 e. The van der Waals surface area contributed by atoms with Gasteiger partial charge in [0.1, 0.15) is 10.1 Å². The van der Waals surface area contributed by atoms with Gasteiger partial charge in [0.05, 0.1) is 10.5 Å². The lowest BCUT2D eigenvalue weighted by molar-refractivity contribution is -0.845. The van der Waals surface area contributed by atoms with E-state index in [1.54, 1.807) is 23.1 Å². The molecule has 2 rings (SSSR count). The van der Waals surface area contributed by atoms with E-state index in [0.717, 1.165) is 24.0 Å². The predicted molar refractivity (Wildman–Crippen MR) is 74.4 cm³/mol. The molecule has 116 valence electrons. The minimum Gasteiger partial charge on any atom is -0.744 e. The number of aliphatic hydroxyl groups excluding tert-OH is 1. The fourth-order valence-corrected chi connectivity index (χ4v) is 2.03. The first kappa shape index (κ1) is 17.4. The largest absolute Gasteiger partial charge is 0.744 e. The Kier molecular flexibility index (Phi) is 6.54. The lowest BCUT2D eigenvalue weighted by Crippen LogP contribution is -2.22. The van der Waals surface area contributed by atoms with Crippen LogP contribution >= 0.6 is 0 Å². The van der Waals surface area contributed by atoms with Crippen molar-refractivity contribution in [3.63, 3.8) is 0 Å². The predicted octanol–water partition coefficient (Wildman–Crippen LogP) is 0.928. The number of aliphatic hydroxyl groups is 1. The van der Waals surface area contributed by atoms with Crippen LogP contribution in [0, 0.1) is 6.92 Å². The van der Waals surface area contributed by atoms with Crippen molar-refractivity contribution in [2.45, 2.75) is 24.7 Å². The fourth-order valence-electron chi connectivity index (χ4n) is 1.56. The summed E-state index contributed by atoms with van der Waals surface area (Å²) in [6.45, 7) is 2.07. The number of hydrogen-bond donors (Lipinski definition) is 1. The van der Waals surface area contributed by atoms with Crippen LogP contribution in [-0.4, -0.2) is 24.7 Å². The number of nitrogens with zero attached hydrogens (tertiary/aromatic N) is 1. The highest BCUT2D eigenvalue weighted by Crippen LogP contribution is 2.08. The summed E-state index contributed by atoms with van der Waals surface area (Å²) in [5, 5.41) is 8.50. The number of hydrogen-bond acceptors (Lipinski definition) is 5. The van der Waals surface area contributed by atoms with Crippen LogP contribution in [0.3, 0.4) is 0 Å². The summed E-state index contributed by atoms with van der Waals surface area (Å²) in [5.74, 6) is 0. The van der Waals surface area contributed by atoms with Crippen LogP contribution in [0.2, 0.25) is 0 Å². The third-order valence-corrected chi connectivity index (χ3v) is 3.50. The maximum atomic E-state index is 10.4. The molecule has 1 aromatic carbocycles. The molecule has 0 spiro atoms. The van der Waals surface area contributed by atoms with E-state index in [1.165, 1.54) is 12.1 Å². The fraction of sp³-hybridized carbons (Fsp3) is 0.357. The summed E-state index contributed by atoms with van der Waals surface area (Å²) in [4.78, 5) is -0.178. The molecule has 0 amide bonds. The molecule has 1 heterocycles. The summed E-state index contributed by atoms with van der Waals surface area (Å²) in [6.07, 6.45) is 5.31. The smallest absolute Gasteiger partial charge is 0.222 e. The Morgan fingerprint density at radius 2 is 1.90 bits per heavy atom. The molecule has 0 atom stereocenters. The molecule has 0 saturated heterocycles. The van der Waals surface area contributed by atoms with Crippen molar-refractivity contribution in [1.29, 1.82) is 0 Å². The Morgan fingerprint density at radius 1 is 1.29 bits per heavy atom. The van der Waals surface area contributed by atoms with Gasteiger partial charge in [0.15, 0.2) is 13.3 Å². The summed E-state index contributed by atoms with van der Waals surface area (Å²) >= 11 is 0. The third kappa shape index (κ3) is 6.52. The number of rotatable bonds is 4. The van der Waals surface area contributed by atoms with E-state index >= 15 is 0 Å². The van der Waals surface area contributed by atoms with Crippen molar-refractivity contribution in [1.82, 2.24) is 0 Å². The van der Waals surface area contributed by atoms with Gasteiger partial charge in [-0.25, -0.2) is 12.9 Å². The highest BCUT2D eigenvalue weighted by molar-refractivity contribution is 7.85. The monoisotopic (exact) mass is 313 g/mol. The van der Waals surface area contributed by atoms with E-state index < -0.39 is 10.1 Å². The molecule has 2 aromatic rings. The van der Waals surface area contributed by atoms with Crippen molar-refractivity contribution in [2.24, 2.45) is 7.05 Å². The van der Waals surface area contributed by atoms with Crippen molar-refractivity contribution in [3.05, 3.63) is 47.9 Å². The molecule has 6 nitrogen and oxygen atoms in total. The second-order valence-electron chi connectivity index (χ2n) is 4.57. The lowest BCUT2D eigenvalue weighted by Gasteiger charge is -2.05. The lowest BCUT2D eigenvalue weighted by atomic mass is 10.2. The van der Waals surface area contributed by atoms with E-state index in [2.05, 4.69) is 0 Å². The highest BCUT2D eigenvalue weighted by atomic mass is 32.2. The van der Waals surface area contributed by atoms with Gasteiger partial charge in [0, 0.05) is 6.61 Å². The molecule has 0 aliphatic carbocycles. The van der Waals surface area contributed by atoms with Crippen molar-refractivity contribution in [3.8, 4) is 0 Å². The van der Waals surface area contributed by atoms with Gasteiger partial charge in [-0.3, -0.25) is 0 Å². The summed E-state index contributed by atoms with van der Waals surface area (Å²) < 4.78 is 37.8. The first-order chi connectivity index (χ1) is 9.82. The van der Waals surface area contributed by atoms with Crippen LogP contribution in [0.15, 0.2) is 46.1 Å². The van der Waals surface area contributed by atoms with Crippen molar-refractivity contribution in [2.75, 3.05) is 6.61 Å². The van der Waals surface area contributed by atoms with Gasteiger partial charge >= 0.3 is 0 Å². The van der Waals surface area contributed by atoms with Gasteiger partial charge in [-0.1, -0.05) is 17.7 Å². The summed E-state index contributed by atoms with van der Waals surface area (Å²) in [6, 6.07) is 5.78. The molecule has 1 aromatic heterocycles. The second-order valence-corrected chi connectivity index (χ2v) is 5.95. The van der Waals surface area contributed by atoms with Gasteiger partial charge in [0.2, 0.25) is 6.20 Å². The molecule has 0 bridgehead atoms. The van der Waals surface area contributed by atoms with Crippen LogP contribution < -0.4 is 4.74 Å². The van der Waals surface area contributed by atoms with Gasteiger partial charge in [-0.2, -0.15) is 0 Å². The Morgan fingerprint density at radius 3 is 2.33 bits per heavy atom. The van der Waals surface area contributed by atoms with Crippen LogP contribution in [0.4, 0.5) is 0 Å². The van der Waals surface area contributed by atoms with E-state index in [0.29, 0.717) is 0 Å². The number of benzene rings is 1. The van der Waals surface area contributed by atoms with E-state index in [9.17, 15) is 13.0 Å². The summed E-state index contributed by atoms with van der Waals surface area (Å²) in [7, 11) is -2.43. The molecule has 21 heavy (non-hydrogen) atoms. The standard InChI is InChI=1S/C7H12NO2.C7H8O3S/c1-8-5-7(6-10-8)3-2-4-9;1-6-2-4-7(5-3-6)11(8,9)10/h5-6,9H,2-4H2,1H3;2-5H,1H3,(H,8,9,10)/q+1;/p-1. The quantitative estimate of drug-likeness (QED) is 0.669. The molecule has 0 aliphatic heterocycles. The Balaban J connectivity index is 0.000000211. The Hall–Kier alpha value is -1.70. The van der Waals surface area contributed by atoms with E-state index in [4.69, 9.17) is 9.63 Å². The van der Waals surface area contributed by atoms with Crippen molar-refractivity contribution >= 4 is 10.1 Å². The topological polar surface area (TPSA) is 94.5 Å². The van der Waals surface area contributed by atoms with E-state index in [-0.39, 0.29) is 11.5 Å². The SMILES string of the molecule is C[n+]1cc(CCCO)co1.Cc1ccc(S(=O)(=O)[O-])cc1. The maximum absolute atomic E-state index is 10.4. The molecule has 7 heteroatoms. The Labute approximate surface area is 124 Å². The zero-order valence-electron chi connectivity index (χ0n) is 12.0. The molecule has 0 aliphatic rings. The average molecular weight is 313 g/mol. The minimum absolute atomic E-state index is 0.178. The molecule has 0 radical (unpaired) electrons. The second kappa shape index (κ2) is 7.92. The van der Waals surface area contributed by atoms with Crippen LogP contribution in [-0.2, 0) is 23.6 Å². The average Bonchev–Trinajstić information content (AvgIpc) is 2.82. The highest BCUT2D eigenvalue weighted by Gasteiger charge is 2.02. The van der Waals surface area contributed by atoms with Gasteiger partial charge < -0.3 is 9.66 Å². The van der Waals surface area contributed by atoms with Gasteiger partial charge in [0.25, 0.3) is 0 Å². The minimum atomic E-state index is -4.27. The molecular formula is C14H19NO5S. The Bertz CT molecular complexity index is 646. The first-order valence-corrected chi connectivity index (χ1v) is 7.80. The molecule has 0 saturated carbocycles. The molecular weight excluding hydrogens is 294 g/mol. The first-order valence-electron chi connectivity index (χ1n) is 6.40. The zero-order valence-corrected chi connectivity index (χ0v) is 12.8. The van der Waals surface area contributed by atoms with Crippen LogP contribution in [0.1, 0.15) is 17.5 Å². The van der Waals surface area contributed by atoms with Gasteiger partial charge in [-0.05, 0) is 36.6 Å². The summed E-state index contributed by atoms with van der Waals surface area (Å²) in [5.41, 5.74) is 2.06. The van der Waals surface area contributed by atoms with Gasteiger partial charge in [-0.15, -0.1) is 0 Å². The number of aryl methyl sites for hydroxylation is 3. The van der Waals surface area contributed by atoms with Crippen LogP contribution in [0.25, 0.3) is 0 Å². The van der Waals surface area contributed by atoms with Crippen LogP contribution in [0.5, 0.6) is 0 Å². The normalized spacial score (nSPS) is 10.9. The third-order valence-electron chi connectivity index (χ3n) is 2.65. The molecule has 0 fully saturated rings. The molecule has 0 unspecified atom stereocenters. The van der Waals surface area contributed by atoms with E-state index in [1.807, 2.05) is 20.2 Å².